The molecular formula is C17H33NO. The van der Waals surface area contributed by atoms with Crippen LogP contribution in [0.5, 0.6) is 0 Å². The van der Waals surface area contributed by atoms with Gasteiger partial charge in [0.05, 0.1) is 6.10 Å². The van der Waals surface area contributed by atoms with Crippen molar-refractivity contribution in [2.24, 2.45) is 5.92 Å². The molecule has 1 heterocycles. The molecule has 1 saturated heterocycles. The molecule has 1 saturated carbocycles. The van der Waals surface area contributed by atoms with Gasteiger partial charge in [-0.3, -0.25) is 0 Å². The van der Waals surface area contributed by atoms with E-state index in [9.17, 15) is 0 Å². The highest BCUT2D eigenvalue weighted by molar-refractivity contribution is 4.85. The highest BCUT2D eigenvalue weighted by Gasteiger charge is 2.29. The third-order valence-corrected chi connectivity index (χ3v) is 4.68. The van der Waals surface area contributed by atoms with Crippen LogP contribution >= 0.6 is 0 Å². The average Bonchev–Trinajstić information content (AvgIpc) is 3.15. The molecule has 2 atom stereocenters. The summed E-state index contributed by atoms with van der Waals surface area (Å²) >= 11 is 0. The minimum atomic E-state index is 0.557. The van der Waals surface area contributed by atoms with Gasteiger partial charge in [0.25, 0.3) is 0 Å². The summed E-state index contributed by atoms with van der Waals surface area (Å²) in [4.78, 5) is 0. The zero-order valence-electron chi connectivity index (χ0n) is 12.8. The van der Waals surface area contributed by atoms with Crippen LogP contribution in [-0.4, -0.2) is 25.3 Å². The minimum Gasteiger partial charge on any atom is -0.378 e. The van der Waals surface area contributed by atoms with Gasteiger partial charge in [-0.1, -0.05) is 51.9 Å². The van der Waals surface area contributed by atoms with E-state index in [2.05, 4.69) is 12.2 Å². The second-order valence-electron chi connectivity index (χ2n) is 6.55. The zero-order chi connectivity index (χ0) is 13.3. The number of hydrogen-bond acceptors (Lipinski definition) is 2. The van der Waals surface area contributed by atoms with Crippen molar-refractivity contribution >= 4 is 0 Å². The van der Waals surface area contributed by atoms with Crippen molar-refractivity contribution < 1.29 is 4.74 Å². The molecule has 2 heteroatoms. The number of nitrogens with one attached hydrogen (secondary N) is 1. The lowest BCUT2D eigenvalue weighted by atomic mass is 9.96. The molecule has 1 aliphatic heterocycles. The lowest BCUT2D eigenvalue weighted by molar-refractivity contribution is 0.0808. The molecule has 1 N–H and O–H groups in total. The highest BCUT2D eigenvalue weighted by atomic mass is 16.5. The molecule has 1 aliphatic carbocycles. The summed E-state index contributed by atoms with van der Waals surface area (Å²) in [6, 6.07) is 0.847. The van der Waals surface area contributed by atoms with Crippen LogP contribution in [0.2, 0.25) is 0 Å². The summed E-state index contributed by atoms with van der Waals surface area (Å²) in [5.41, 5.74) is 0. The molecule has 0 amide bonds. The van der Waals surface area contributed by atoms with Crippen molar-refractivity contribution in [1.82, 2.24) is 5.32 Å². The molecule has 2 aliphatic rings. The summed E-state index contributed by atoms with van der Waals surface area (Å²) in [5, 5.41) is 3.67. The standard InChI is InChI=1S/C17H33NO/c1-2-3-4-5-6-7-8-9-17-15(12-13-19-17)14-18-16-10-11-16/h15-18H,2-14H2,1H3. The number of rotatable bonds is 11. The quantitative estimate of drug-likeness (QED) is 0.564. The topological polar surface area (TPSA) is 21.3 Å². The summed E-state index contributed by atoms with van der Waals surface area (Å²) in [6.45, 7) is 4.48. The van der Waals surface area contributed by atoms with Crippen molar-refractivity contribution in [3.8, 4) is 0 Å². The van der Waals surface area contributed by atoms with Crippen LogP contribution in [0.25, 0.3) is 0 Å². The average molecular weight is 267 g/mol. The molecule has 0 aromatic rings. The van der Waals surface area contributed by atoms with Crippen LogP contribution in [0.15, 0.2) is 0 Å². The van der Waals surface area contributed by atoms with Crippen molar-refractivity contribution in [2.45, 2.75) is 89.7 Å². The predicted molar refractivity (Wildman–Crippen MR) is 81.5 cm³/mol. The lowest BCUT2D eigenvalue weighted by Gasteiger charge is -2.18. The van der Waals surface area contributed by atoms with E-state index in [-0.39, 0.29) is 0 Å². The Kier molecular flexibility index (Phi) is 7.23. The van der Waals surface area contributed by atoms with E-state index in [0.29, 0.717) is 6.10 Å². The maximum absolute atomic E-state index is 5.92. The van der Waals surface area contributed by atoms with Gasteiger partial charge < -0.3 is 10.1 Å². The minimum absolute atomic E-state index is 0.557. The maximum atomic E-state index is 5.92. The third kappa shape index (κ3) is 6.27. The van der Waals surface area contributed by atoms with Gasteiger partial charge in [0.2, 0.25) is 0 Å². The predicted octanol–water partition coefficient (Wildman–Crippen LogP) is 4.28. The van der Waals surface area contributed by atoms with Crippen molar-refractivity contribution in [3.05, 3.63) is 0 Å². The summed E-state index contributed by atoms with van der Waals surface area (Å²) in [5.74, 6) is 0.792. The zero-order valence-corrected chi connectivity index (χ0v) is 12.8. The molecule has 19 heavy (non-hydrogen) atoms. The molecule has 2 unspecified atom stereocenters. The van der Waals surface area contributed by atoms with E-state index < -0.39 is 0 Å². The van der Waals surface area contributed by atoms with Crippen LogP contribution < -0.4 is 5.32 Å². The molecule has 0 aromatic carbocycles. The van der Waals surface area contributed by atoms with Gasteiger partial charge in [-0.05, 0) is 31.6 Å². The second-order valence-corrected chi connectivity index (χ2v) is 6.55. The van der Waals surface area contributed by atoms with Crippen LogP contribution in [-0.2, 0) is 4.74 Å². The number of hydrogen-bond donors (Lipinski definition) is 1. The largest absolute Gasteiger partial charge is 0.378 e. The maximum Gasteiger partial charge on any atom is 0.0616 e. The first-order valence-corrected chi connectivity index (χ1v) is 8.75. The molecule has 112 valence electrons. The Morgan fingerprint density at radius 3 is 2.42 bits per heavy atom. The Morgan fingerprint density at radius 2 is 1.68 bits per heavy atom. The van der Waals surface area contributed by atoms with Gasteiger partial charge in [0, 0.05) is 19.2 Å². The van der Waals surface area contributed by atoms with Crippen molar-refractivity contribution in [1.29, 1.82) is 0 Å². The smallest absolute Gasteiger partial charge is 0.0616 e. The van der Waals surface area contributed by atoms with E-state index >= 15 is 0 Å². The molecule has 0 spiro atoms. The van der Waals surface area contributed by atoms with E-state index in [4.69, 9.17) is 4.74 Å². The molecule has 2 nitrogen and oxygen atoms in total. The van der Waals surface area contributed by atoms with E-state index in [0.717, 1.165) is 18.6 Å². The van der Waals surface area contributed by atoms with Crippen LogP contribution in [0.1, 0.15) is 77.6 Å². The Bertz CT molecular complexity index is 227. The normalized spacial score (nSPS) is 27.0. The van der Waals surface area contributed by atoms with Crippen LogP contribution in [0, 0.1) is 5.92 Å². The fraction of sp³-hybridized carbons (Fsp3) is 1.00. The monoisotopic (exact) mass is 267 g/mol. The lowest BCUT2D eigenvalue weighted by Crippen LogP contribution is -2.29. The molecule has 0 aromatic heterocycles. The van der Waals surface area contributed by atoms with Crippen molar-refractivity contribution in [2.75, 3.05) is 13.2 Å². The fourth-order valence-corrected chi connectivity index (χ4v) is 3.15. The van der Waals surface area contributed by atoms with Gasteiger partial charge in [-0.25, -0.2) is 0 Å². The Hall–Kier alpha value is -0.0800. The summed E-state index contributed by atoms with van der Waals surface area (Å²) < 4.78 is 5.92. The molecule has 0 bridgehead atoms. The Labute approximate surface area is 119 Å². The number of ether oxygens (including phenoxy) is 1. The Morgan fingerprint density at radius 1 is 0.947 bits per heavy atom. The van der Waals surface area contributed by atoms with Crippen LogP contribution in [0.3, 0.4) is 0 Å². The third-order valence-electron chi connectivity index (χ3n) is 4.68. The van der Waals surface area contributed by atoms with E-state index in [1.165, 1.54) is 77.2 Å². The van der Waals surface area contributed by atoms with Gasteiger partial charge in [0.1, 0.15) is 0 Å². The summed E-state index contributed by atoms with van der Waals surface area (Å²) in [6.07, 6.45) is 15.8. The SMILES string of the molecule is CCCCCCCCCC1OCCC1CNC1CC1. The molecule has 2 rings (SSSR count). The Balaban J connectivity index is 1.46. The van der Waals surface area contributed by atoms with Crippen LogP contribution in [0.4, 0.5) is 0 Å². The second kappa shape index (κ2) is 8.97. The molecule has 2 fully saturated rings. The summed E-state index contributed by atoms with van der Waals surface area (Å²) in [7, 11) is 0. The van der Waals surface area contributed by atoms with Gasteiger partial charge in [-0.15, -0.1) is 0 Å². The molecular weight excluding hydrogens is 234 g/mol. The van der Waals surface area contributed by atoms with E-state index in [1.807, 2.05) is 0 Å². The fourth-order valence-electron chi connectivity index (χ4n) is 3.15. The van der Waals surface area contributed by atoms with Gasteiger partial charge in [-0.2, -0.15) is 0 Å². The van der Waals surface area contributed by atoms with E-state index in [1.54, 1.807) is 0 Å². The van der Waals surface area contributed by atoms with Gasteiger partial charge >= 0.3 is 0 Å². The first-order chi connectivity index (χ1) is 9.40. The molecule has 0 radical (unpaired) electrons. The first-order valence-electron chi connectivity index (χ1n) is 8.75. The van der Waals surface area contributed by atoms with Crippen molar-refractivity contribution in [3.63, 3.8) is 0 Å². The highest BCUT2D eigenvalue weighted by Crippen LogP contribution is 2.27. The number of unbranched alkanes of at least 4 members (excludes halogenated alkanes) is 6. The first kappa shape index (κ1) is 15.3. The van der Waals surface area contributed by atoms with Gasteiger partial charge in [0.15, 0.2) is 0 Å².